The molecule has 0 aliphatic rings. The van der Waals surface area contributed by atoms with Gasteiger partial charge in [-0.25, -0.2) is 0 Å². The highest BCUT2D eigenvalue weighted by Crippen LogP contribution is 2.19. The molecule has 0 aliphatic carbocycles. The van der Waals surface area contributed by atoms with Crippen LogP contribution in [0.3, 0.4) is 0 Å². The van der Waals surface area contributed by atoms with Crippen LogP contribution in [0.5, 0.6) is 0 Å². The first kappa shape index (κ1) is 13.6. The average molecular weight is 221 g/mol. The molecule has 0 aromatic carbocycles. The molecule has 0 aliphatic heterocycles. The summed E-state index contributed by atoms with van der Waals surface area (Å²) in [7, 11) is 0. The van der Waals surface area contributed by atoms with Crippen LogP contribution >= 0.6 is 0 Å². The van der Waals surface area contributed by atoms with E-state index in [-0.39, 0.29) is 12.0 Å². The fourth-order valence-corrected chi connectivity index (χ4v) is 0.790. The number of carbonyl (C=O) groups is 1. The molecule has 0 N–H and O–H groups in total. The van der Waals surface area contributed by atoms with Crippen LogP contribution in [0.15, 0.2) is 0 Å². The molecule has 0 spiro atoms. The van der Waals surface area contributed by atoms with Gasteiger partial charge in [0, 0.05) is 0 Å². The summed E-state index contributed by atoms with van der Waals surface area (Å²) in [4.78, 5) is 11.1. The Bertz CT molecular complexity index is 225. The number of hydrogen-bond donors (Lipinski definition) is 0. The summed E-state index contributed by atoms with van der Waals surface area (Å²) in [5.74, 6) is -0.681. The van der Waals surface area contributed by atoms with Crippen LogP contribution in [0.25, 0.3) is 0 Å². The Morgan fingerprint density at radius 1 is 1.57 bits per heavy atom. The molecule has 2 unspecified atom stereocenters. The number of ether oxygens (including phenoxy) is 1. The molecular weight excluding hydrogens is 204 g/mol. The smallest absolute Gasteiger partial charge is 0.320 e. The maximum absolute atomic E-state index is 11.1. The molecule has 0 aromatic heterocycles. The summed E-state index contributed by atoms with van der Waals surface area (Å²) in [5, 5.41) is -1.08. The monoisotopic (exact) mass is 221 g/mol. The minimum atomic E-state index is -2.40. The maximum Gasteiger partial charge on any atom is 0.320 e. The van der Waals surface area contributed by atoms with Gasteiger partial charge in [0.05, 0.1) is 6.61 Å². The molecule has 0 rings (SSSR count). The number of rotatable bonds is 5. The molecular formula is C9H17O4S-. The van der Waals surface area contributed by atoms with Crippen molar-refractivity contribution in [2.75, 3.05) is 6.61 Å². The molecule has 84 valence electrons. The normalized spacial score (nSPS) is 16.1. The summed E-state index contributed by atoms with van der Waals surface area (Å²) in [6.45, 7) is 7.47. The third-order valence-corrected chi connectivity index (χ3v) is 2.95. The molecule has 4 nitrogen and oxygen atoms in total. The molecule has 0 fully saturated rings. The average Bonchev–Trinajstić information content (AvgIpc) is 2.13. The van der Waals surface area contributed by atoms with Crippen molar-refractivity contribution in [1.82, 2.24) is 0 Å². The zero-order chi connectivity index (χ0) is 11.4. The second-order valence-electron chi connectivity index (χ2n) is 4.03. The first-order valence-corrected chi connectivity index (χ1v) is 5.68. The SMILES string of the molecule is CCC(C)(C)COC(=O)C(C)S(=O)[O-]. The molecule has 0 radical (unpaired) electrons. The fraction of sp³-hybridized carbons (Fsp3) is 0.889. The number of hydrogen-bond acceptors (Lipinski definition) is 4. The standard InChI is InChI=1S/C9H18O4S/c1-5-9(3,4)6-13-8(10)7(2)14(11)12/h7H,5-6H2,1-4H3,(H,11,12)/p-1. The van der Waals surface area contributed by atoms with Crippen molar-refractivity contribution in [2.24, 2.45) is 5.41 Å². The first-order valence-electron chi connectivity index (χ1n) is 4.55. The third kappa shape index (κ3) is 4.72. The molecule has 14 heavy (non-hydrogen) atoms. The van der Waals surface area contributed by atoms with E-state index in [0.29, 0.717) is 0 Å². The van der Waals surface area contributed by atoms with E-state index in [1.165, 1.54) is 6.92 Å². The third-order valence-electron chi connectivity index (χ3n) is 2.18. The van der Waals surface area contributed by atoms with E-state index in [1.807, 2.05) is 20.8 Å². The predicted molar refractivity (Wildman–Crippen MR) is 53.4 cm³/mol. The molecule has 5 heteroatoms. The molecule has 0 saturated heterocycles. The van der Waals surface area contributed by atoms with Crippen LogP contribution in [-0.2, 0) is 20.6 Å². The Hall–Kier alpha value is -0.420. The van der Waals surface area contributed by atoms with E-state index in [2.05, 4.69) is 0 Å². The number of esters is 1. The van der Waals surface area contributed by atoms with Gasteiger partial charge in [-0.1, -0.05) is 20.8 Å². The highest BCUT2D eigenvalue weighted by Gasteiger charge is 2.21. The van der Waals surface area contributed by atoms with Crippen molar-refractivity contribution in [2.45, 2.75) is 39.4 Å². The van der Waals surface area contributed by atoms with Gasteiger partial charge in [-0.05, 0) is 29.8 Å². The maximum atomic E-state index is 11.1. The van der Waals surface area contributed by atoms with E-state index in [0.717, 1.165) is 6.42 Å². The van der Waals surface area contributed by atoms with Crippen LogP contribution in [0.4, 0.5) is 0 Å². The van der Waals surface area contributed by atoms with Crippen LogP contribution in [0, 0.1) is 5.41 Å². The van der Waals surface area contributed by atoms with Gasteiger partial charge in [0.1, 0.15) is 5.25 Å². The van der Waals surface area contributed by atoms with Crippen LogP contribution in [0.2, 0.25) is 0 Å². The summed E-state index contributed by atoms with van der Waals surface area (Å²) < 4.78 is 25.8. The Morgan fingerprint density at radius 2 is 2.07 bits per heavy atom. The van der Waals surface area contributed by atoms with Gasteiger partial charge >= 0.3 is 5.97 Å². The van der Waals surface area contributed by atoms with Gasteiger partial charge in [-0.15, -0.1) is 0 Å². The van der Waals surface area contributed by atoms with Gasteiger partial charge in [0.15, 0.2) is 0 Å². The highest BCUT2D eigenvalue weighted by molar-refractivity contribution is 7.80. The van der Waals surface area contributed by atoms with Gasteiger partial charge in [0.2, 0.25) is 0 Å². The Labute approximate surface area is 87.3 Å². The Balaban J connectivity index is 4.03. The van der Waals surface area contributed by atoms with Crippen molar-refractivity contribution in [3.63, 3.8) is 0 Å². The van der Waals surface area contributed by atoms with Crippen LogP contribution in [-0.4, -0.2) is 26.6 Å². The zero-order valence-corrected chi connectivity index (χ0v) is 9.85. The lowest BCUT2D eigenvalue weighted by atomic mass is 9.92. The van der Waals surface area contributed by atoms with E-state index in [4.69, 9.17) is 4.74 Å². The summed E-state index contributed by atoms with van der Waals surface area (Å²) >= 11 is -2.40. The minimum Gasteiger partial charge on any atom is -0.772 e. The zero-order valence-electron chi connectivity index (χ0n) is 9.03. The van der Waals surface area contributed by atoms with Gasteiger partial charge in [0.25, 0.3) is 0 Å². The lowest BCUT2D eigenvalue weighted by molar-refractivity contribution is -0.145. The van der Waals surface area contributed by atoms with E-state index < -0.39 is 22.3 Å². The van der Waals surface area contributed by atoms with Gasteiger partial charge < -0.3 is 9.29 Å². The van der Waals surface area contributed by atoms with E-state index in [9.17, 15) is 13.6 Å². The summed E-state index contributed by atoms with van der Waals surface area (Å²) in [6, 6.07) is 0. The quantitative estimate of drug-likeness (QED) is 0.517. The lowest BCUT2D eigenvalue weighted by Gasteiger charge is -2.23. The first-order chi connectivity index (χ1) is 6.30. The number of carbonyl (C=O) groups excluding carboxylic acids is 1. The topological polar surface area (TPSA) is 66.4 Å². The Morgan fingerprint density at radius 3 is 2.43 bits per heavy atom. The van der Waals surface area contributed by atoms with Crippen molar-refractivity contribution in [3.8, 4) is 0 Å². The molecule has 0 amide bonds. The minimum absolute atomic E-state index is 0.0975. The van der Waals surface area contributed by atoms with Crippen molar-refractivity contribution < 1.29 is 18.3 Å². The molecule has 0 aromatic rings. The fourth-order valence-electron chi connectivity index (χ4n) is 0.564. The van der Waals surface area contributed by atoms with Crippen molar-refractivity contribution in [1.29, 1.82) is 0 Å². The second kappa shape index (κ2) is 5.46. The molecule has 0 saturated carbocycles. The Kier molecular flexibility index (Phi) is 5.29. The molecule has 0 heterocycles. The van der Waals surface area contributed by atoms with E-state index in [1.54, 1.807) is 0 Å². The lowest BCUT2D eigenvalue weighted by Crippen LogP contribution is -2.29. The van der Waals surface area contributed by atoms with E-state index >= 15 is 0 Å². The van der Waals surface area contributed by atoms with Gasteiger partial charge in [-0.3, -0.25) is 9.00 Å². The molecule has 0 bridgehead atoms. The highest BCUT2D eigenvalue weighted by atomic mass is 32.2. The van der Waals surface area contributed by atoms with Gasteiger partial charge in [-0.2, -0.15) is 0 Å². The summed E-state index contributed by atoms with van der Waals surface area (Å²) in [5.41, 5.74) is -0.0975. The largest absolute Gasteiger partial charge is 0.772 e. The van der Waals surface area contributed by atoms with Crippen molar-refractivity contribution in [3.05, 3.63) is 0 Å². The molecule has 2 atom stereocenters. The second-order valence-corrected chi connectivity index (χ2v) is 5.26. The van der Waals surface area contributed by atoms with Crippen molar-refractivity contribution >= 4 is 17.0 Å². The van der Waals surface area contributed by atoms with Crippen LogP contribution in [0.1, 0.15) is 34.1 Å². The predicted octanol–water partition coefficient (Wildman–Crippen LogP) is 1.23. The summed E-state index contributed by atoms with van der Waals surface area (Å²) in [6.07, 6.45) is 0.870. The van der Waals surface area contributed by atoms with Crippen LogP contribution < -0.4 is 0 Å².